The van der Waals surface area contributed by atoms with Crippen LogP contribution in [0.25, 0.3) is 0 Å². The van der Waals surface area contributed by atoms with Crippen molar-refractivity contribution in [2.24, 2.45) is 0 Å². The van der Waals surface area contributed by atoms with Gasteiger partial charge in [0.2, 0.25) is 0 Å². The molecule has 3 unspecified atom stereocenters. The van der Waals surface area contributed by atoms with Gasteiger partial charge in [-0.3, -0.25) is 18.9 Å². The largest absolute Gasteiger partial charge is 0.372 e. The van der Waals surface area contributed by atoms with Gasteiger partial charge in [-0.1, -0.05) is 0 Å². The van der Waals surface area contributed by atoms with Crippen LogP contribution in [0.4, 0.5) is 0 Å². The van der Waals surface area contributed by atoms with E-state index in [0.29, 0.717) is 12.0 Å². The Morgan fingerprint density at radius 2 is 2.17 bits per heavy atom. The second-order valence-corrected chi connectivity index (χ2v) is 7.39. The van der Waals surface area contributed by atoms with Crippen molar-refractivity contribution in [3.63, 3.8) is 0 Å². The molecule has 0 saturated carbocycles. The lowest BCUT2D eigenvalue weighted by Gasteiger charge is -2.21. The van der Waals surface area contributed by atoms with Gasteiger partial charge in [0, 0.05) is 24.5 Å². The maximum Gasteiger partial charge on any atom is 0.349 e. The van der Waals surface area contributed by atoms with Crippen LogP contribution in [0.1, 0.15) is 33.4 Å². The van der Waals surface area contributed by atoms with Crippen LogP contribution in [-0.2, 0) is 14.0 Å². The third kappa shape index (κ3) is 4.75. The average Bonchev–Trinajstić information content (AvgIpc) is 2.79. The second kappa shape index (κ2) is 7.16. The number of aromatic amines is 1. The van der Waals surface area contributed by atoms with Crippen molar-refractivity contribution in [3.05, 3.63) is 44.5 Å². The number of hydrogen-bond donors (Lipinski definition) is 3. The van der Waals surface area contributed by atoms with Gasteiger partial charge in [0.1, 0.15) is 12.3 Å². The Kier molecular flexibility index (Phi) is 5.62. The van der Waals surface area contributed by atoms with Crippen molar-refractivity contribution >= 4 is 7.60 Å². The summed E-state index contributed by atoms with van der Waals surface area (Å²) in [6.07, 6.45) is -0.386. The van der Waals surface area contributed by atoms with E-state index < -0.39 is 37.3 Å². The lowest BCUT2D eigenvalue weighted by molar-refractivity contribution is -0.0390. The maximum absolute atomic E-state index is 11.9. The van der Waals surface area contributed by atoms with E-state index in [4.69, 9.17) is 19.3 Å². The highest BCUT2D eigenvalue weighted by atomic mass is 31.2. The van der Waals surface area contributed by atoms with Gasteiger partial charge in [0.05, 0.1) is 12.2 Å². The van der Waals surface area contributed by atoms with Crippen LogP contribution in [0.15, 0.2) is 33.2 Å². The Morgan fingerprint density at radius 1 is 1.50 bits per heavy atom. The van der Waals surface area contributed by atoms with E-state index in [9.17, 15) is 14.2 Å². The molecule has 24 heavy (non-hydrogen) atoms. The summed E-state index contributed by atoms with van der Waals surface area (Å²) in [5, 5.41) is 0. The quantitative estimate of drug-likeness (QED) is 0.659. The molecule has 2 heterocycles. The predicted octanol–water partition coefficient (Wildman–Crippen LogP) is 0.699. The molecule has 0 aromatic carbocycles. The summed E-state index contributed by atoms with van der Waals surface area (Å²) in [6, 6.07) is 1.20. The summed E-state index contributed by atoms with van der Waals surface area (Å²) in [4.78, 5) is 43.5. The van der Waals surface area contributed by atoms with E-state index in [1.54, 1.807) is 6.92 Å². The van der Waals surface area contributed by atoms with Gasteiger partial charge in [-0.15, -0.1) is 0 Å². The number of nitrogens with zero attached hydrogens (tertiary/aromatic N) is 1. The molecule has 134 valence electrons. The first-order valence-corrected chi connectivity index (χ1v) is 9.12. The lowest BCUT2D eigenvalue weighted by Crippen LogP contribution is -2.31. The molecule has 3 atom stereocenters. The van der Waals surface area contributed by atoms with E-state index in [-0.39, 0.29) is 6.10 Å². The zero-order valence-corrected chi connectivity index (χ0v) is 14.5. The van der Waals surface area contributed by atoms with Crippen molar-refractivity contribution in [3.8, 4) is 0 Å². The molecule has 0 bridgehead atoms. The van der Waals surface area contributed by atoms with Crippen molar-refractivity contribution in [1.82, 2.24) is 9.55 Å². The zero-order chi connectivity index (χ0) is 18.1. The highest BCUT2D eigenvalue weighted by molar-refractivity contribution is 7.55. The van der Waals surface area contributed by atoms with Gasteiger partial charge < -0.3 is 19.3 Å². The molecule has 1 aromatic heterocycles. The van der Waals surface area contributed by atoms with Crippen molar-refractivity contribution in [1.29, 1.82) is 0 Å². The average molecular weight is 360 g/mol. The van der Waals surface area contributed by atoms with Gasteiger partial charge in [-0.05, 0) is 26.3 Å². The summed E-state index contributed by atoms with van der Waals surface area (Å²) in [5.74, 6) is 0.840. The Hall–Kier alpha value is -1.51. The Morgan fingerprint density at radius 3 is 2.71 bits per heavy atom. The minimum absolute atomic E-state index is 0.130. The molecule has 0 radical (unpaired) electrons. The molecule has 9 nitrogen and oxygen atoms in total. The molecule has 10 heteroatoms. The Bertz CT molecular complexity index is 776. The molecule has 1 saturated heterocycles. The van der Waals surface area contributed by atoms with Gasteiger partial charge in [0.25, 0.3) is 5.56 Å². The van der Waals surface area contributed by atoms with Crippen LogP contribution in [-0.4, -0.2) is 37.6 Å². The SMILES string of the molecule is C/C(=C\P(=O)(O)O)C1OC(n2ccc(=O)[nH]c2=O)CC1OC(C)C. The van der Waals surface area contributed by atoms with E-state index in [1.165, 1.54) is 16.8 Å². The fourth-order valence-electron chi connectivity index (χ4n) is 2.68. The topological polar surface area (TPSA) is 131 Å². The normalized spacial score (nSPS) is 25.4. The standard InChI is InChI=1S/C14H21N2O7P/c1-8(2)22-10-6-12(16-5-4-11(17)15-14(16)18)23-13(10)9(3)7-24(19,20)21/h4-5,7-8,10,12-13H,6H2,1-3H3,(H,15,17,18)(H2,19,20,21)/b9-7+. The molecule has 1 aromatic rings. The molecular formula is C14H21N2O7P. The van der Waals surface area contributed by atoms with Crippen molar-refractivity contribution in [2.45, 2.75) is 51.7 Å². The zero-order valence-electron chi connectivity index (χ0n) is 13.6. The second-order valence-electron chi connectivity index (χ2n) is 5.95. The summed E-state index contributed by atoms with van der Waals surface area (Å²) < 4.78 is 24.0. The summed E-state index contributed by atoms with van der Waals surface area (Å²) >= 11 is 0. The van der Waals surface area contributed by atoms with Crippen LogP contribution < -0.4 is 11.2 Å². The smallest absolute Gasteiger partial charge is 0.349 e. The summed E-state index contributed by atoms with van der Waals surface area (Å²) in [6.45, 7) is 5.20. The van der Waals surface area contributed by atoms with Crippen molar-refractivity contribution in [2.75, 3.05) is 0 Å². The number of nitrogens with one attached hydrogen (secondary N) is 1. The van der Waals surface area contributed by atoms with Crippen LogP contribution in [0, 0.1) is 0 Å². The molecule has 0 spiro atoms. The van der Waals surface area contributed by atoms with E-state index in [1.807, 2.05) is 13.8 Å². The van der Waals surface area contributed by atoms with E-state index >= 15 is 0 Å². The first kappa shape index (κ1) is 18.8. The first-order valence-electron chi connectivity index (χ1n) is 7.44. The lowest BCUT2D eigenvalue weighted by atomic mass is 10.1. The van der Waals surface area contributed by atoms with Crippen LogP contribution in [0.3, 0.4) is 0 Å². The predicted molar refractivity (Wildman–Crippen MR) is 85.7 cm³/mol. The number of hydrogen-bond acceptors (Lipinski definition) is 5. The summed E-state index contributed by atoms with van der Waals surface area (Å²) in [7, 11) is -4.36. The Labute approximate surface area is 138 Å². The van der Waals surface area contributed by atoms with Crippen LogP contribution in [0.5, 0.6) is 0 Å². The number of rotatable bonds is 5. The number of ether oxygens (including phenoxy) is 2. The highest BCUT2D eigenvalue weighted by Crippen LogP contribution is 2.41. The highest BCUT2D eigenvalue weighted by Gasteiger charge is 2.39. The molecule has 1 fully saturated rings. The molecular weight excluding hydrogens is 339 g/mol. The van der Waals surface area contributed by atoms with Gasteiger partial charge in [-0.2, -0.15) is 0 Å². The van der Waals surface area contributed by atoms with E-state index in [2.05, 4.69) is 4.98 Å². The Balaban J connectivity index is 2.33. The van der Waals surface area contributed by atoms with E-state index in [0.717, 1.165) is 5.82 Å². The van der Waals surface area contributed by atoms with Crippen LogP contribution >= 0.6 is 7.60 Å². The molecule has 3 N–H and O–H groups in total. The van der Waals surface area contributed by atoms with Crippen molar-refractivity contribution < 1.29 is 23.8 Å². The monoisotopic (exact) mass is 360 g/mol. The number of H-pyrrole nitrogens is 1. The first-order chi connectivity index (χ1) is 11.1. The summed E-state index contributed by atoms with van der Waals surface area (Å²) in [5.41, 5.74) is -0.805. The van der Waals surface area contributed by atoms with Gasteiger partial charge >= 0.3 is 13.3 Å². The third-order valence-electron chi connectivity index (χ3n) is 3.50. The molecule has 0 aliphatic carbocycles. The maximum atomic E-state index is 11.9. The minimum Gasteiger partial charge on any atom is -0.372 e. The van der Waals surface area contributed by atoms with Crippen LogP contribution in [0.2, 0.25) is 0 Å². The molecule has 1 aliphatic rings. The molecule has 2 rings (SSSR count). The third-order valence-corrected chi connectivity index (χ3v) is 4.25. The van der Waals surface area contributed by atoms with Gasteiger partial charge in [0.15, 0.2) is 0 Å². The minimum atomic E-state index is -4.36. The van der Waals surface area contributed by atoms with Gasteiger partial charge in [-0.25, -0.2) is 4.79 Å². The molecule has 1 aliphatic heterocycles. The fraction of sp³-hybridized carbons (Fsp3) is 0.571. The fourth-order valence-corrected chi connectivity index (χ4v) is 3.36. The molecule has 0 amide bonds. The number of aromatic nitrogens is 2.